The molecule has 0 aliphatic heterocycles. The highest BCUT2D eigenvalue weighted by Crippen LogP contribution is 2.44. The summed E-state index contributed by atoms with van der Waals surface area (Å²) in [6.45, 7) is 3.59. The Morgan fingerprint density at radius 3 is 2.03 bits per heavy atom. The van der Waals surface area contributed by atoms with Gasteiger partial charge in [-0.3, -0.25) is 9.59 Å². The average molecular weight is 487 g/mol. The quantitative estimate of drug-likeness (QED) is 0.453. The van der Waals surface area contributed by atoms with Crippen molar-refractivity contribution >= 4 is 18.0 Å². The van der Waals surface area contributed by atoms with E-state index in [-0.39, 0.29) is 37.9 Å². The van der Waals surface area contributed by atoms with Gasteiger partial charge >= 0.3 is 12.1 Å². The second-order valence-electron chi connectivity index (χ2n) is 9.43. The first-order valence-corrected chi connectivity index (χ1v) is 11.9. The second-order valence-corrected chi connectivity index (χ2v) is 9.43. The molecule has 186 valence electrons. The van der Waals surface area contributed by atoms with Crippen LogP contribution in [-0.2, 0) is 20.9 Å². The van der Waals surface area contributed by atoms with Crippen molar-refractivity contribution in [1.29, 1.82) is 0 Å². The fourth-order valence-corrected chi connectivity index (χ4v) is 4.63. The normalized spacial score (nSPS) is 12.4. The standard InChI is InChI=1S/C29H30N2O5/c1-29(2,27(34)31(17-16-26(32)33)18-20-10-4-3-5-11-20)30-28(35)36-19-25-23-14-8-6-12-21(23)22-13-7-9-15-24(22)25/h3-15,25H,16-19H2,1-2H3,(H,30,35)(H,32,33). The van der Waals surface area contributed by atoms with E-state index in [9.17, 15) is 14.4 Å². The molecule has 0 spiro atoms. The first-order chi connectivity index (χ1) is 17.3. The van der Waals surface area contributed by atoms with Gasteiger partial charge in [-0.25, -0.2) is 4.79 Å². The summed E-state index contributed by atoms with van der Waals surface area (Å²) in [6, 6.07) is 25.5. The van der Waals surface area contributed by atoms with Crippen LogP contribution in [0.15, 0.2) is 78.9 Å². The van der Waals surface area contributed by atoms with Gasteiger partial charge in [0.2, 0.25) is 5.91 Å². The van der Waals surface area contributed by atoms with Crippen molar-refractivity contribution in [2.45, 2.75) is 38.3 Å². The number of hydrogen-bond acceptors (Lipinski definition) is 4. The monoisotopic (exact) mass is 486 g/mol. The first kappa shape index (κ1) is 25.0. The van der Waals surface area contributed by atoms with E-state index in [0.29, 0.717) is 0 Å². The molecule has 36 heavy (non-hydrogen) atoms. The molecule has 2 amide bonds. The number of fused-ring (bicyclic) bond motifs is 3. The summed E-state index contributed by atoms with van der Waals surface area (Å²) in [5.74, 6) is -1.48. The summed E-state index contributed by atoms with van der Waals surface area (Å²) in [6.07, 6.45) is -0.896. The van der Waals surface area contributed by atoms with E-state index in [0.717, 1.165) is 27.8 Å². The Morgan fingerprint density at radius 1 is 0.889 bits per heavy atom. The molecule has 0 fully saturated rings. The summed E-state index contributed by atoms with van der Waals surface area (Å²) in [5, 5.41) is 11.8. The van der Waals surface area contributed by atoms with Crippen LogP contribution in [-0.4, -0.2) is 46.7 Å². The van der Waals surface area contributed by atoms with E-state index in [1.807, 2.05) is 66.7 Å². The molecule has 1 aliphatic carbocycles. The minimum absolute atomic E-state index is 0.0266. The highest BCUT2D eigenvalue weighted by molar-refractivity contribution is 5.89. The molecule has 0 saturated carbocycles. The number of alkyl carbamates (subject to hydrolysis) is 1. The molecule has 1 aliphatic rings. The van der Waals surface area contributed by atoms with Crippen molar-refractivity contribution < 1.29 is 24.2 Å². The lowest BCUT2D eigenvalue weighted by Gasteiger charge is -2.32. The van der Waals surface area contributed by atoms with Crippen LogP contribution in [0.1, 0.15) is 42.9 Å². The Hall–Kier alpha value is -4.13. The van der Waals surface area contributed by atoms with Gasteiger partial charge in [-0.1, -0.05) is 78.9 Å². The van der Waals surface area contributed by atoms with E-state index in [2.05, 4.69) is 17.4 Å². The van der Waals surface area contributed by atoms with Crippen LogP contribution in [0.5, 0.6) is 0 Å². The molecule has 0 heterocycles. The molecule has 0 atom stereocenters. The Kier molecular flexibility index (Phi) is 7.38. The lowest BCUT2D eigenvalue weighted by atomic mass is 9.98. The van der Waals surface area contributed by atoms with Gasteiger partial charge in [-0.2, -0.15) is 0 Å². The molecular formula is C29H30N2O5. The maximum Gasteiger partial charge on any atom is 0.408 e. The first-order valence-electron chi connectivity index (χ1n) is 11.9. The van der Waals surface area contributed by atoms with Gasteiger partial charge in [-0.05, 0) is 41.7 Å². The van der Waals surface area contributed by atoms with E-state index >= 15 is 0 Å². The molecule has 7 nitrogen and oxygen atoms in total. The van der Waals surface area contributed by atoms with Crippen LogP contribution in [0, 0.1) is 0 Å². The molecule has 2 N–H and O–H groups in total. The minimum Gasteiger partial charge on any atom is -0.481 e. The second kappa shape index (κ2) is 10.6. The number of benzene rings is 3. The Balaban J connectivity index is 1.42. The molecule has 0 aromatic heterocycles. The van der Waals surface area contributed by atoms with Gasteiger partial charge in [0.25, 0.3) is 0 Å². The minimum atomic E-state index is -1.30. The maximum absolute atomic E-state index is 13.4. The fraction of sp³-hybridized carbons (Fsp3) is 0.276. The Bertz CT molecular complexity index is 1210. The number of carbonyl (C=O) groups excluding carboxylic acids is 2. The molecule has 0 unspecified atom stereocenters. The third-order valence-corrected chi connectivity index (χ3v) is 6.39. The van der Waals surface area contributed by atoms with Crippen LogP contribution >= 0.6 is 0 Å². The summed E-state index contributed by atoms with van der Waals surface area (Å²) in [4.78, 5) is 38.8. The lowest BCUT2D eigenvalue weighted by Crippen LogP contribution is -2.56. The number of carboxylic acids is 1. The zero-order valence-corrected chi connectivity index (χ0v) is 20.4. The zero-order valence-electron chi connectivity index (χ0n) is 20.4. The summed E-state index contributed by atoms with van der Waals surface area (Å²) >= 11 is 0. The summed E-state index contributed by atoms with van der Waals surface area (Å²) in [5.41, 5.74) is 4.04. The molecule has 4 rings (SSSR count). The number of hydrogen-bond donors (Lipinski definition) is 2. The van der Waals surface area contributed by atoms with E-state index in [4.69, 9.17) is 9.84 Å². The van der Waals surface area contributed by atoms with Gasteiger partial charge in [0.05, 0.1) is 6.42 Å². The Morgan fingerprint density at radius 2 is 1.44 bits per heavy atom. The van der Waals surface area contributed by atoms with Gasteiger partial charge in [-0.15, -0.1) is 0 Å². The number of aliphatic carboxylic acids is 1. The zero-order chi connectivity index (χ0) is 25.7. The van der Waals surface area contributed by atoms with Crippen molar-refractivity contribution in [3.8, 4) is 11.1 Å². The predicted molar refractivity (Wildman–Crippen MR) is 136 cm³/mol. The van der Waals surface area contributed by atoms with Crippen LogP contribution in [0.2, 0.25) is 0 Å². The number of carboxylic acid groups (broad SMARTS) is 1. The average Bonchev–Trinajstić information content (AvgIpc) is 3.19. The number of ether oxygens (including phenoxy) is 1. The number of carbonyl (C=O) groups is 3. The van der Waals surface area contributed by atoms with Crippen LogP contribution in [0.3, 0.4) is 0 Å². The predicted octanol–water partition coefficient (Wildman–Crippen LogP) is 4.81. The number of amides is 2. The summed E-state index contributed by atoms with van der Waals surface area (Å²) in [7, 11) is 0. The van der Waals surface area contributed by atoms with E-state index in [1.54, 1.807) is 13.8 Å². The molecule has 0 bridgehead atoms. The van der Waals surface area contributed by atoms with Crippen molar-refractivity contribution in [3.05, 3.63) is 95.6 Å². The van der Waals surface area contributed by atoms with Gasteiger partial charge < -0.3 is 20.1 Å². The van der Waals surface area contributed by atoms with Crippen molar-refractivity contribution in [1.82, 2.24) is 10.2 Å². The largest absolute Gasteiger partial charge is 0.481 e. The van der Waals surface area contributed by atoms with Gasteiger partial charge in [0, 0.05) is 19.0 Å². The molecule has 0 saturated heterocycles. The molecule has 3 aromatic rings. The number of rotatable bonds is 9. The molecule has 7 heteroatoms. The van der Waals surface area contributed by atoms with Crippen LogP contribution < -0.4 is 5.32 Å². The number of nitrogens with one attached hydrogen (secondary N) is 1. The third-order valence-electron chi connectivity index (χ3n) is 6.39. The fourth-order valence-electron chi connectivity index (χ4n) is 4.63. The third kappa shape index (κ3) is 5.57. The van der Waals surface area contributed by atoms with E-state index < -0.39 is 17.6 Å². The topological polar surface area (TPSA) is 95.9 Å². The molecule has 0 radical (unpaired) electrons. The van der Waals surface area contributed by atoms with E-state index in [1.165, 1.54) is 4.90 Å². The summed E-state index contributed by atoms with van der Waals surface area (Å²) < 4.78 is 5.61. The van der Waals surface area contributed by atoms with Crippen LogP contribution in [0.25, 0.3) is 11.1 Å². The SMILES string of the molecule is CC(C)(NC(=O)OCC1c2ccccc2-c2ccccc21)C(=O)N(CCC(=O)O)Cc1ccccc1. The van der Waals surface area contributed by atoms with Crippen molar-refractivity contribution in [2.75, 3.05) is 13.2 Å². The highest BCUT2D eigenvalue weighted by Gasteiger charge is 2.35. The molecular weight excluding hydrogens is 456 g/mol. The number of nitrogens with zero attached hydrogens (tertiary/aromatic N) is 1. The highest BCUT2D eigenvalue weighted by atomic mass is 16.5. The Labute approximate surface area is 210 Å². The lowest BCUT2D eigenvalue weighted by molar-refractivity contribution is -0.141. The smallest absolute Gasteiger partial charge is 0.408 e. The van der Waals surface area contributed by atoms with Crippen LogP contribution in [0.4, 0.5) is 4.79 Å². The molecule has 3 aromatic carbocycles. The maximum atomic E-state index is 13.4. The van der Waals surface area contributed by atoms with Crippen molar-refractivity contribution in [2.24, 2.45) is 0 Å². The van der Waals surface area contributed by atoms with Gasteiger partial charge in [0.15, 0.2) is 0 Å². The van der Waals surface area contributed by atoms with Gasteiger partial charge in [0.1, 0.15) is 12.1 Å². The van der Waals surface area contributed by atoms with Crippen molar-refractivity contribution in [3.63, 3.8) is 0 Å².